The molecule has 0 aromatic carbocycles. The number of likely N-dealkylation sites (N-methyl/N-ethyl adjacent to an activating group) is 1. The fraction of sp³-hybridized carbons (Fsp3) is 0.538. The zero-order valence-corrected chi connectivity index (χ0v) is 13.6. The quantitative estimate of drug-likeness (QED) is 0.594. The summed E-state index contributed by atoms with van der Waals surface area (Å²) in [4.78, 5) is 42.2. The molecule has 0 bridgehead atoms. The van der Waals surface area contributed by atoms with Gasteiger partial charge in [0, 0.05) is 20.4 Å². The molecule has 22 heavy (non-hydrogen) atoms. The summed E-state index contributed by atoms with van der Waals surface area (Å²) >= 11 is 1.57. The van der Waals surface area contributed by atoms with Crippen molar-refractivity contribution < 1.29 is 14.3 Å². The molecule has 1 heterocycles. The lowest BCUT2D eigenvalue weighted by Gasteiger charge is -2.16. The van der Waals surface area contributed by atoms with Crippen molar-refractivity contribution in [3.63, 3.8) is 0 Å². The summed E-state index contributed by atoms with van der Waals surface area (Å²) in [7, 11) is 2.97. The minimum absolute atomic E-state index is 0.141. The number of carbonyl (C=O) groups excluding carboxylic acids is 2. The minimum Gasteiger partial charge on any atom is -0.377 e. The van der Waals surface area contributed by atoms with Gasteiger partial charge in [-0.1, -0.05) is 0 Å². The first-order chi connectivity index (χ1) is 10.5. The molecule has 0 saturated carbocycles. The SMILES string of the molecule is CNC(=O)[C@H](CCSC)NC(=O)c1cnc(COC)[nH]c1=O. The Balaban J connectivity index is 2.85. The maximum absolute atomic E-state index is 12.1. The van der Waals surface area contributed by atoms with Crippen LogP contribution in [0.15, 0.2) is 11.0 Å². The van der Waals surface area contributed by atoms with Crippen molar-refractivity contribution in [1.82, 2.24) is 20.6 Å². The van der Waals surface area contributed by atoms with Crippen molar-refractivity contribution in [3.05, 3.63) is 27.9 Å². The van der Waals surface area contributed by atoms with Gasteiger partial charge in [-0.25, -0.2) is 4.98 Å². The van der Waals surface area contributed by atoms with E-state index in [1.54, 1.807) is 11.8 Å². The highest BCUT2D eigenvalue weighted by molar-refractivity contribution is 7.98. The Hall–Kier alpha value is -1.87. The summed E-state index contributed by atoms with van der Waals surface area (Å²) in [6.07, 6.45) is 3.56. The number of nitrogens with one attached hydrogen (secondary N) is 3. The number of hydrogen-bond donors (Lipinski definition) is 3. The summed E-state index contributed by atoms with van der Waals surface area (Å²) in [5, 5.41) is 5.05. The number of rotatable bonds is 8. The summed E-state index contributed by atoms with van der Waals surface area (Å²) < 4.78 is 4.85. The highest BCUT2D eigenvalue weighted by atomic mass is 32.2. The van der Waals surface area contributed by atoms with Crippen LogP contribution >= 0.6 is 11.8 Å². The second-order valence-corrected chi connectivity index (χ2v) is 5.41. The van der Waals surface area contributed by atoms with E-state index in [0.717, 1.165) is 0 Å². The molecule has 1 atom stereocenters. The van der Waals surface area contributed by atoms with Crippen LogP contribution in [-0.2, 0) is 16.1 Å². The highest BCUT2D eigenvalue weighted by Gasteiger charge is 2.21. The van der Waals surface area contributed by atoms with Crippen LogP contribution in [0.4, 0.5) is 0 Å². The van der Waals surface area contributed by atoms with E-state index in [-0.39, 0.29) is 18.1 Å². The first-order valence-electron chi connectivity index (χ1n) is 6.62. The number of aromatic amines is 1. The predicted octanol–water partition coefficient (Wildman–Crippen LogP) is -0.486. The van der Waals surface area contributed by atoms with Crippen LogP contribution in [0, 0.1) is 0 Å². The van der Waals surface area contributed by atoms with Gasteiger partial charge >= 0.3 is 0 Å². The summed E-state index contributed by atoms with van der Waals surface area (Å²) in [6, 6.07) is -0.692. The third-order valence-corrected chi connectivity index (χ3v) is 3.50. The maximum Gasteiger partial charge on any atom is 0.263 e. The number of methoxy groups -OCH3 is 1. The van der Waals surface area contributed by atoms with E-state index in [2.05, 4.69) is 20.6 Å². The third kappa shape index (κ3) is 5.15. The van der Waals surface area contributed by atoms with Gasteiger partial charge in [0.05, 0.1) is 0 Å². The molecule has 0 unspecified atom stereocenters. The molecule has 0 aliphatic heterocycles. The van der Waals surface area contributed by atoms with Crippen LogP contribution in [0.25, 0.3) is 0 Å². The van der Waals surface area contributed by atoms with Crippen molar-refractivity contribution in [2.45, 2.75) is 19.1 Å². The molecule has 8 nitrogen and oxygen atoms in total. The first kappa shape index (κ1) is 18.2. The Morgan fingerprint density at radius 3 is 2.77 bits per heavy atom. The Bertz CT molecular complexity index is 575. The Morgan fingerprint density at radius 1 is 1.50 bits per heavy atom. The van der Waals surface area contributed by atoms with E-state index in [0.29, 0.717) is 18.0 Å². The van der Waals surface area contributed by atoms with Crippen LogP contribution in [0.1, 0.15) is 22.6 Å². The summed E-state index contributed by atoms with van der Waals surface area (Å²) in [5.74, 6) is 0.101. The van der Waals surface area contributed by atoms with E-state index in [1.807, 2.05) is 6.26 Å². The molecule has 3 N–H and O–H groups in total. The largest absolute Gasteiger partial charge is 0.377 e. The van der Waals surface area contributed by atoms with E-state index in [1.165, 1.54) is 20.4 Å². The molecule has 0 radical (unpaired) electrons. The second kappa shape index (κ2) is 9.21. The smallest absolute Gasteiger partial charge is 0.263 e. The third-order valence-electron chi connectivity index (χ3n) is 2.86. The zero-order chi connectivity index (χ0) is 16.5. The van der Waals surface area contributed by atoms with Crippen molar-refractivity contribution in [2.24, 2.45) is 0 Å². The molecule has 9 heteroatoms. The average Bonchev–Trinajstić information content (AvgIpc) is 2.50. The van der Waals surface area contributed by atoms with Crippen LogP contribution < -0.4 is 16.2 Å². The standard InChI is InChI=1S/C13H20N4O4S/c1-14-13(20)9(4-5-22-3)16-11(18)8-6-15-10(7-21-2)17-12(8)19/h6,9H,4-5,7H2,1-3H3,(H,14,20)(H,16,18)(H,15,17,19)/t9-/m0/s1. The number of amides is 2. The lowest BCUT2D eigenvalue weighted by Crippen LogP contribution is -2.47. The molecule has 0 aliphatic carbocycles. The van der Waals surface area contributed by atoms with Crippen molar-refractivity contribution >= 4 is 23.6 Å². The highest BCUT2D eigenvalue weighted by Crippen LogP contribution is 2.02. The van der Waals surface area contributed by atoms with E-state index >= 15 is 0 Å². The number of thioether (sulfide) groups is 1. The van der Waals surface area contributed by atoms with Gasteiger partial charge in [-0.2, -0.15) is 11.8 Å². The molecule has 1 rings (SSSR count). The van der Waals surface area contributed by atoms with Gasteiger partial charge in [0.1, 0.15) is 24.0 Å². The van der Waals surface area contributed by atoms with E-state index < -0.39 is 17.5 Å². The van der Waals surface area contributed by atoms with Crippen molar-refractivity contribution in [3.8, 4) is 0 Å². The fourth-order valence-electron chi connectivity index (χ4n) is 1.72. The van der Waals surface area contributed by atoms with Gasteiger partial charge < -0.3 is 20.4 Å². The number of carbonyl (C=O) groups is 2. The molecule has 0 fully saturated rings. The zero-order valence-electron chi connectivity index (χ0n) is 12.8. The molecule has 0 saturated heterocycles. The summed E-state index contributed by atoms with van der Waals surface area (Å²) in [6.45, 7) is 0.145. The molecule has 0 spiro atoms. The number of hydrogen-bond acceptors (Lipinski definition) is 6. The first-order valence-corrected chi connectivity index (χ1v) is 8.01. The average molecular weight is 328 g/mol. The molecule has 1 aromatic heterocycles. The number of aromatic nitrogens is 2. The van der Waals surface area contributed by atoms with Gasteiger partial charge in [0.25, 0.3) is 11.5 Å². The molecular weight excluding hydrogens is 308 g/mol. The van der Waals surface area contributed by atoms with Crippen molar-refractivity contribution in [1.29, 1.82) is 0 Å². The van der Waals surface area contributed by atoms with Crippen LogP contribution in [0.3, 0.4) is 0 Å². The van der Waals surface area contributed by atoms with Gasteiger partial charge in [-0.15, -0.1) is 0 Å². The molecular formula is C13H20N4O4S. The molecule has 0 aliphatic rings. The Kier molecular flexibility index (Phi) is 7.61. The number of H-pyrrole nitrogens is 1. The van der Waals surface area contributed by atoms with Gasteiger partial charge in [-0.3, -0.25) is 14.4 Å². The molecule has 2 amide bonds. The second-order valence-electron chi connectivity index (χ2n) is 4.43. The fourth-order valence-corrected chi connectivity index (χ4v) is 2.19. The van der Waals surface area contributed by atoms with Gasteiger partial charge in [-0.05, 0) is 18.4 Å². The van der Waals surface area contributed by atoms with Gasteiger partial charge in [0.2, 0.25) is 5.91 Å². The lowest BCUT2D eigenvalue weighted by atomic mass is 10.2. The van der Waals surface area contributed by atoms with Gasteiger partial charge in [0.15, 0.2) is 0 Å². The van der Waals surface area contributed by atoms with Crippen LogP contribution in [-0.4, -0.2) is 54.0 Å². The van der Waals surface area contributed by atoms with E-state index in [4.69, 9.17) is 4.74 Å². The predicted molar refractivity (Wildman–Crippen MR) is 83.9 cm³/mol. The van der Waals surface area contributed by atoms with Crippen LogP contribution in [0.5, 0.6) is 0 Å². The topological polar surface area (TPSA) is 113 Å². The minimum atomic E-state index is -0.692. The Labute approximate surface area is 132 Å². The molecule has 1 aromatic rings. The maximum atomic E-state index is 12.1. The normalized spacial score (nSPS) is 11.8. The number of ether oxygens (including phenoxy) is 1. The number of nitrogens with zero attached hydrogens (tertiary/aromatic N) is 1. The van der Waals surface area contributed by atoms with Crippen molar-refractivity contribution in [2.75, 3.05) is 26.2 Å². The van der Waals surface area contributed by atoms with E-state index in [9.17, 15) is 14.4 Å². The summed E-state index contributed by atoms with van der Waals surface area (Å²) in [5.41, 5.74) is -0.710. The lowest BCUT2D eigenvalue weighted by molar-refractivity contribution is -0.122. The molecule has 122 valence electrons. The Morgan fingerprint density at radius 2 is 2.23 bits per heavy atom. The monoisotopic (exact) mass is 328 g/mol. The van der Waals surface area contributed by atoms with Crippen LogP contribution in [0.2, 0.25) is 0 Å².